The van der Waals surface area contributed by atoms with Crippen LogP contribution in [0, 0.1) is 5.92 Å². The Morgan fingerprint density at radius 1 is 0.983 bits per heavy atom. The molecule has 0 saturated carbocycles. The number of amides is 4. The molecule has 4 atom stereocenters. The van der Waals surface area contributed by atoms with Gasteiger partial charge in [-0.3, -0.25) is 29.0 Å². The Kier molecular flexibility index (Phi) is 14.5. The van der Waals surface area contributed by atoms with Crippen LogP contribution in [0.15, 0.2) is 60.8 Å². The largest absolute Gasteiger partial charge is 0.497 e. The molecule has 4 amide bonds. The number of nitrogens with two attached hydrogens (primary N) is 1. The second kappa shape index (κ2) is 18.4. The average molecular weight is 879 g/mol. The van der Waals surface area contributed by atoms with Crippen LogP contribution < -0.4 is 21.1 Å². The van der Waals surface area contributed by atoms with Crippen molar-refractivity contribution in [3.8, 4) is 5.75 Å². The van der Waals surface area contributed by atoms with Crippen LogP contribution in [0.25, 0.3) is 0 Å². The summed E-state index contributed by atoms with van der Waals surface area (Å²) in [7, 11) is -2.81. The maximum absolute atomic E-state index is 15.1. The van der Waals surface area contributed by atoms with Crippen LogP contribution in [-0.4, -0.2) is 97.3 Å². The summed E-state index contributed by atoms with van der Waals surface area (Å²) in [6.45, 7) is -0.396. The Hall–Kier alpha value is -4.88. The number of ketones is 1. The molecule has 2 heterocycles. The average Bonchev–Trinajstić information content (AvgIpc) is 3.62. The molecular formula is C37H38Cl2F5N5O8S. The number of hydrogen-bond acceptors (Lipinski definition) is 9. The molecule has 1 aromatic heterocycles. The first-order chi connectivity index (χ1) is 27.0. The van der Waals surface area contributed by atoms with E-state index in [9.17, 15) is 45.6 Å². The lowest BCUT2D eigenvalue weighted by Crippen LogP contribution is -2.59. The van der Waals surface area contributed by atoms with Gasteiger partial charge in [0.15, 0.2) is 9.84 Å². The van der Waals surface area contributed by atoms with Crippen LogP contribution in [0.5, 0.6) is 5.75 Å². The molecular weight excluding hydrogens is 840 g/mol. The van der Waals surface area contributed by atoms with E-state index in [1.54, 1.807) is 0 Å². The van der Waals surface area contributed by atoms with E-state index >= 15 is 8.78 Å². The molecule has 314 valence electrons. The lowest BCUT2D eigenvalue weighted by molar-refractivity contribution is -0.165. The first-order valence-corrected chi connectivity index (χ1v) is 19.8. The summed E-state index contributed by atoms with van der Waals surface area (Å²) in [4.78, 5) is 71.6. The molecule has 0 radical (unpaired) electrons. The van der Waals surface area contributed by atoms with Gasteiger partial charge in [-0.15, -0.1) is 0 Å². The minimum absolute atomic E-state index is 0.0190. The van der Waals surface area contributed by atoms with E-state index in [1.807, 2.05) is 0 Å². The van der Waals surface area contributed by atoms with Crippen molar-refractivity contribution in [2.75, 3.05) is 20.2 Å². The summed E-state index contributed by atoms with van der Waals surface area (Å²) < 4.78 is 101. The summed E-state index contributed by atoms with van der Waals surface area (Å²) >= 11 is 12.3. The van der Waals surface area contributed by atoms with Crippen molar-refractivity contribution < 1.29 is 59.1 Å². The number of ether oxygens (including phenoxy) is 1. The van der Waals surface area contributed by atoms with E-state index < -0.39 is 106 Å². The van der Waals surface area contributed by atoms with Crippen LogP contribution in [0.4, 0.5) is 22.0 Å². The fourth-order valence-corrected chi connectivity index (χ4v) is 8.42. The number of methoxy groups -OCH3 is 1. The highest BCUT2D eigenvalue weighted by atomic mass is 35.5. The molecule has 2 aromatic carbocycles. The fraction of sp³-hybridized carbons (Fsp3) is 0.405. The lowest BCUT2D eigenvalue weighted by Gasteiger charge is -2.31. The number of likely N-dealkylation sites (tertiary alicyclic amines) is 1. The van der Waals surface area contributed by atoms with Gasteiger partial charge in [-0.25, -0.2) is 8.42 Å². The normalized spacial score (nSPS) is 17.1. The Labute approximate surface area is 339 Å². The quantitative estimate of drug-likeness (QED) is 0.138. The van der Waals surface area contributed by atoms with E-state index in [0.29, 0.717) is 16.9 Å². The number of sulfone groups is 1. The van der Waals surface area contributed by atoms with Gasteiger partial charge < -0.3 is 26.0 Å². The maximum atomic E-state index is 15.1. The number of nitrogens with zero attached hydrogens (tertiary/aromatic N) is 2. The first-order valence-electron chi connectivity index (χ1n) is 17.4. The molecule has 0 aliphatic carbocycles. The maximum Gasteiger partial charge on any atom is 0.405 e. The van der Waals surface area contributed by atoms with Gasteiger partial charge in [0.2, 0.25) is 17.6 Å². The Bertz CT molecular complexity index is 2160. The van der Waals surface area contributed by atoms with Gasteiger partial charge in [-0.2, -0.15) is 22.0 Å². The second-order valence-electron chi connectivity index (χ2n) is 13.8. The Morgan fingerprint density at radius 2 is 1.62 bits per heavy atom. The number of benzene rings is 2. The standard InChI is InChI=1S/C37H38Cl2F5N5O8S/c1-19(2)29(31(50)37(43,44)35(54)47-18-36(40,41)42)48-33(52)28-15-23(58(55,56)17-20-6-9-22(57-3)10-7-20)16-49(28)34(53)25(13-21-8-11-26(38)27(39)14-21)24-5-4-12-46-30(24)32(45)51/h4-12,14,19,23,25,28-29H,13,15-18H2,1-3H3,(H2,45,51)(H,47,54)(H,48,52)/t23-,25+,28+,29+/m1/s1. The number of rotatable bonds is 16. The SMILES string of the molecule is COc1ccc(CS(=O)(=O)[C@@H]2C[C@@H](C(=O)N[C@H](C(=O)C(F)(F)C(=O)NCC(F)(F)F)C(C)C)N(C(=O)[C@@H](Cc3ccc(Cl)c(Cl)c3)c3cccnc3C(N)=O)C2)cc1. The summed E-state index contributed by atoms with van der Waals surface area (Å²) in [6, 6.07) is 9.21. The molecule has 58 heavy (non-hydrogen) atoms. The zero-order chi connectivity index (χ0) is 43.3. The van der Waals surface area contributed by atoms with Crippen LogP contribution in [-0.2, 0) is 41.2 Å². The minimum atomic E-state index is -5.09. The summed E-state index contributed by atoms with van der Waals surface area (Å²) in [5.41, 5.74) is 5.97. The fourth-order valence-electron chi connectivity index (χ4n) is 6.34. The lowest BCUT2D eigenvalue weighted by atomic mass is 9.89. The van der Waals surface area contributed by atoms with Gasteiger partial charge in [0.05, 0.1) is 40.1 Å². The third-order valence-corrected chi connectivity index (χ3v) is 12.2. The van der Waals surface area contributed by atoms with Gasteiger partial charge in [-0.05, 0) is 65.8 Å². The van der Waals surface area contributed by atoms with Gasteiger partial charge in [0.1, 0.15) is 24.0 Å². The number of carbonyl (C=O) groups excluding carboxylic acids is 5. The van der Waals surface area contributed by atoms with Crippen molar-refractivity contribution in [3.63, 3.8) is 0 Å². The molecule has 0 bridgehead atoms. The number of alkyl halides is 5. The van der Waals surface area contributed by atoms with Crippen molar-refractivity contribution in [1.82, 2.24) is 20.5 Å². The summed E-state index contributed by atoms with van der Waals surface area (Å²) in [5, 5.41) is 1.87. The van der Waals surface area contributed by atoms with Crippen molar-refractivity contribution in [3.05, 3.63) is 93.2 Å². The third kappa shape index (κ3) is 11.0. The molecule has 1 saturated heterocycles. The monoisotopic (exact) mass is 877 g/mol. The predicted molar refractivity (Wildman–Crippen MR) is 201 cm³/mol. The Balaban J connectivity index is 1.77. The highest BCUT2D eigenvalue weighted by Gasteiger charge is 2.53. The van der Waals surface area contributed by atoms with Crippen LogP contribution in [0.1, 0.15) is 53.4 Å². The number of halogens is 7. The number of pyridine rings is 1. The minimum Gasteiger partial charge on any atom is -0.497 e. The summed E-state index contributed by atoms with van der Waals surface area (Å²) in [5.74, 6) is -15.9. The third-order valence-electron chi connectivity index (χ3n) is 9.34. The number of nitrogens with one attached hydrogen (secondary N) is 2. The van der Waals surface area contributed by atoms with E-state index in [-0.39, 0.29) is 27.7 Å². The molecule has 1 aliphatic heterocycles. The van der Waals surface area contributed by atoms with Crippen molar-refractivity contribution in [2.45, 2.75) is 67.8 Å². The van der Waals surface area contributed by atoms with Gasteiger partial charge in [-0.1, -0.05) is 61.3 Å². The van der Waals surface area contributed by atoms with Gasteiger partial charge >= 0.3 is 12.1 Å². The van der Waals surface area contributed by atoms with E-state index in [0.717, 1.165) is 10.2 Å². The number of Topliss-reactive ketones (excluding diaryl/α,β-unsaturated/α-hetero) is 1. The van der Waals surface area contributed by atoms with E-state index in [2.05, 4.69) is 10.3 Å². The smallest absolute Gasteiger partial charge is 0.405 e. The van der Waals surface area contributed by atoms with Crippen molar-refractivity contribution >= 4 is 62.5 Å². The Morgan fingerprint density at radius 3 is 2.19 bits per heavy atom. The molecule has 0 spiro atoms. The number of carbonyl (C=O) groups is 5. The van der Waals surface area contributed by atoms with E-state index in [4.69, 9.17) is 33.7 Å². The zero-order valence-corrected chi connectivity index (χ0v) is 33.3. The molecule has 13 nitrogen and oxygen atoms in total. The van der Waals surface area contributed by atoms with Crippen LogP contribution in [0.3, 0.4) is 0 Å². The first kappa shape index (κ1) is 45.8. The second-order valence-corrected chi connectivity index (χ2v) is 16.9. The van der Waals surface area contributed by atoms with Crippen LogP contribution in [0.2, 0.25) is 10.0 Å². The van der Waals surface area contributed by atoms with Crippen molar-refractivity contribution in [1.29, 1.82) is 0 Å². The highest BCUT2D eigenvalue weighted by molar-refractivity contribution is 7.91. The molecule has 0 unspecified atom stereocenters. The zero-order valence-electron chi connectivity index (χ0n) is 31.0. The molecule has 1 aliphatic rings. The topological polar surface area (TPSA) is 195 Å². The number of hydrogen-bond donors (Lipinski definition) is 3. The predicted octanol–water partition coefficient (Wildman–Crippen LogP) is 4.43. The molecule has 1 fully saturated rings. The van der Waals surface area contributed by atoms with Crippen LogP contribution >= 0.6 is 23.2 Å². The number of aromatic nitrogens is 1. The van der Waals surface area contributed by atoms with Crippen molar-refractivity contribution in [2.24, 2.45) is 11.7 Å². The molecule has 21 heteroatoms. The number of primary amides is 1. The summed E-state index contributed by atoms with van der Waals surface area (Å²) in [6.07, 6.45) is -4.69. The van der Waals surface area contributed by atoms with Gasteiger partial charge in [0.25, 0.3) is 11.8 Å². The molecule has 3 aromatic rings. The molecule has 4 N–H and O–H groups in total. The highest BCUT2D eigenvalue weighted by Crippen LogP contribution is 2.34. The van der Waals surface area contributed by atoms with E-state index in [1.165, 1.54) is 81.8 Å². The van der Waals surface area contributed by atoms with Gasteiger partial charge in [0, 0.05) is 12.7 Å². The molecule has 4 rings (SSSR count).